The van der Waals surface area contributed by atoms with Gasteiger partial charge in [0.15, 0.2) is 0 Å². The van der Waals surface area contributed by atoms with E-state index in [0.29, 0.717) is 6.54 Å². The molecule has 0 aromatic heterocycles. The van der Waals surface area contributed by atoms with Crippen LogP contribution in [0.4, 0.5) is 0 Å². The van der Waals surface area contributed by atoms with Gasteiger partial charge < -0.3 is 10.4 Å². The summed E-state index contributed by atoms with van der Waals surface area (Å²) in [5, 5.41) is 13.4. The highest BCUT2D eigenvalue weighted by atomic mass is 35.5. The predicted molar refractivity (Wildman–Crippen MR) is 127 cm³/mol. The molecular formula is C26H34ClNO2. The SMILES string of the molecule is CC/C(CCNCC(C)(C)C(=O)O)=C(\C)c1ccccc1CCc1cccc(Cl)c1. The van der Waals surface area contributed by atoms with Crippen molar-refractivity contribution in [1.29, 1.82) is 0 Å². The molecule has 0 aliphatic rings. The van der Waals surface area contributed by atoms with Crippen molar-refractivity contribution in [1.82, 2.24) is 5.32 Å². The minimum absolute atomic E-state index is 0.467. The van der Waals surface area contributed by atoms with E-state index in [2.05, 4.69) is 49.5 Å². The molecule has 4 heteroatoms. The summed E-state index contributed by atoms with van der Waals surface area (Å²) < 4.78 is 0. The fourth-order valence-electron chi connectivity index (χ4n) is 3.61. The summed E-state index contributed by atoms with van der Waals surface area (Å²) in [4.78, 5) is 11.3. The number of halogens is 1. The summed E-state index contributed by atoms with van der Waals surface area (Å²) >= 11 is 6.13. The molecule has 0 aliphatic heterocycles. The first-order chi connectivity index (χ1) is 14.2. The van der Waals surface area contributed by atoms with E-state index < -0.39 is 11.4 Å². The third-order valence-corrected chi connectivity index (χ3v) is 5.94. The van der Waals surface area contributed by atoms with Crippen molar-refractivity contribution in [2.24, 2.45) is 5.41 Å². The highest BCUT2D eigenvalue weighted by Gasteiger charge is 2.26. The van der Waals surface area contributed by atoms with Crippen molar-refractivity contribution in [2.75, 3.05) is 13.1 Å². The fraction of sp³-hybridized carbons (Fsp3) is 0.423. The molecule has 0 spiro atoms. The molecule has 0 fully saturated rings. The molecule has 0 aliphatic carbocycles. The van der Waals surface area contributed by atoms with E-state index in [9.17, 15) is 9.90 Å². The topological polar surface area (TPSA) is 49.3 Å². The molecule has 0 unspecified atom stereocenters. The Kier molecular flexibility index (Phi) is 9.13. The first-order valence-electron chi connectivity index (χ1n) is 10.7. The zero-order chi connectivity index (χ0) is 22.1. The van der Waals surface area contributed by atoms with Gasteiger partial charge in [-0.1, -0.05) is 60.5 Å². The average Bonchev–Trinajstić information content (AvgIpc) is 2.72. The Bertz CT molecular complexity index is 886. The van der Waals surface area contributed by atoms with Crippen LogP contribution in [0.5, 0.6) is 0 Å². The number of aliphatic carboxylic acids is 1. The van der Waals surface area contributed by atoms with Crippen LogP contribution in [0.2, 0.25) is 5.02 Å². The molecule has 3 nitrogen and oxygen atoms in total. The lowest BCUT2D eigenvalue weighted by molar-refractivity contribution is -0.146. The van der Waals surface area contributed by atoms with Crippen LogP contribution in [0, 0.1) is 5.41 Å². The van der Waals surface area contributed by atoms with Crippen molar-refractivity contribution in [2.45, 2.75) is 53.4 Å². The first-order valence-corrected chi connectivity index (χ1v) is 11.1. The molecule has 0 saturated heterocycles. The maximum Gasteiger partial charge on any atom is 0.310 e. The van der Waals surface area contributed by atoms with Crippen LogP contribution in [0.3, 0.4) is 0 Å². The Morgan fingerprint density at radius 2 is 1.83 bits per heavy atom. The number of hydrogen-bond acceptors (Lipinski definition) is 2. The highest BCUT2D eigenvalue weighted by molar-refractivity contribution is 6.30. The van der Waals surface area contributed by atoms with Gasteiger partial charge in [0, 0.05) is 11.6 Å². The van der Waals surface area contributed by atoms with Crippen molar-refractivity contribution in [3.63, 3.8) is 0 Å². The normalized spacial score (nSPS) is 12.6. The quantitative estimate of drug-likeness (QED) is 0.408. The third-order valence-electron chi connectivity index (χ3n) is 5.70. The Hall–Kier alpha value is -2.10. The molecule has 0 saturated carbocycles. The minimum atomic E-state index is -0.772. The second kappa shape index (κ2) is 11.3. The van der Waals surface area contributed by atoms with E-state index in [1.807, 2.05) is 18.2 Å². The van der Waals surface area contributed by atoms with Gasteiger partial charge >= 0.3 is 5.97 Å². The van der Waals surface area contributed by atoms with Crippen LogP contribution in [-0.4, -0.2) is 24.2 Å². The van der Waals surface area contributed by atoms with Crippen LogP contribution in [0.25, 0.3) is 5.57 Å². The Morgan fingerprint density at radius 1 is 1.10 bits per heavy atom. The number of allylic oxidation sites excluding steroid dienone is 1. The fourth-order valence-corrected chi connectivity index (χ4v) is 3.82. The number of rotatable bonds is 11. The number of carboxylic acids is 1. The summed E-state index contributed by atoms with van der Waals surface area (Å²) in [6, 6.07) is 16.7. The molecule has 162 valence electrons. The van der Waals surface area contributed by atoms with E-state index in [4.69, 9.17) is 11.6 Å². The Morgan fingerprint density at radius 3 is 2.50 bits per heavy atom. The maximum atomic E-state index is 11.3. The van der Waals surface area contributed by atoms with Crippen LogP contribution < -0.4 is 5.32 Å². The van der Waals surface area contributed by atoms with E-state index in [0.717, 1.165) is 37.3 Å². The van der Waals surface area contributed by atoms with E-state index >= 15 is 0 Å². The molecule has 0 amide bonds. The van der Waals surface area contributed by atoms with Gasteiger partial charge in [-0.2, -0.15) is 0 Å². The lowest BCUT2D eigenvalue weighted by Gasteiger charge is -2.20. The lowest BCUT2D eigenvalue weighted by atomic mass is 9.91. The largest absolute Gasteiger partial charge is 0.481 e. The molecular weight excluding hydrogens is 394 g/mol. The monoisotopic (exact) mass is 427 g/mol. The van der Waals surface area contributed by atoms with Gasteiger partial charge in [0.2, 0.25) is 0 Å². The predicted octanol–water partition coefficient (Wildman–Crippen LogP) is 6.40. The summed E-state index contributed by atoms with van der Waals surface area (Å²) in [6.45, 7) is 9.14. The molecule has 0 atom stereocenters. The minimum Gasteiger partial charge on any atom is -0.481 e. The van der Waals surface area contributed by atoms with E-state index in [-0.39, 0.29) is 0 Å². The average molecular weight is 428 g/mol. The molecule has 0 bridgehead atoms. The van der Waals surface area contributed by atoms with Gasteiger partial charge in [0.25, 0.3) is 0 Å². The van der Waals surface area contributed by atoms with Crippen LogP contribution in [0.1, 0.15) is 57.2 Å². The zero-order valence-corrected chi connectivity index (χ0v) is 19.4. The Balaban J connectivity index is 2.08. The molecule has 0 radical (unpaired) electrons. The first kappa shape index (κ1) is 24.2. The van der Waals surface area contributed by atoms with Gasteiger partial charge in [-0.15, -0.1) is 0 Å². The van der Waals surface area contributed by atoms with Crippen molar-refractivity contribution >= 4 is 23.1 Å². The van der Waals surface area contributed by atoms with Crippen LogP contribution >= 0.6 is 11.6 Å². The van der Waals surface area contributed by atoms with E-state index in [1.54, 1.807) is 13.8 Å². The summed E-state index contributed by atoms with van der Waals surface area (Å²) in [6.07, 6.45) is 3.83. The van der Waals surface area contributed by atoms with Gasteiger partial charge in [0.1, 0.15) is 0 Å². The number of aryl methyl sites for hydroxylation is 2. The Labute approximate surface area is 186 Å². The van der Waals surface area contributed by atoms with Crippen LogP contribution in [-0.2, 0) is 17.6 Å². The molecule has 2 rings (SSSR count). The number of benzene rings is 2. The molecule has 30 heavy (non-hydrogen) atoms. The second-order valence-electron chi connectivity index (χ2n) is 8.48. The summed E-state index contributed by atoms with van der Waals surface area (Å²) in [7, 11) is 0. The second-order valence-corrected chi connectivity index (χ2v) is 8.92. The van der Waals surface area contributed by atoms with E-state index in [1.165, 1.54) is 27.8 Å². The van der Waals surface area contributed by atoms with Crippen molar-refractivity contribution in [3.05, 3.63) is 75.8 Å². The molecule has 2 N–H and O–H groups in total. The standard InChI is InChI=1S/C26H34ClNO2/c1-5-21(15-16-28-18-26(3,4)25(29)30)19(2)24-12-7-6-10-22(24)14-13-20-9-8-11-23(27)17-20/h6-12,17,28H,5,13-16,18H2,1-4H3,(H,29,30)/b21-19-. The smallest absolute Gasteiger partial charge is 0.310 e. The van der Waals surface area contributed by atoms with Gasteiger partial charge in [-0.05, 0) is 87.4 Å². The van der Waals surface area contributed by atoms with Gasteiger partial charge in [-0.3, -0.25) is 4.79 Å². The molecule has 2 aromatic carbocycles. The lowest BCUT2D eigenvalue weighted by Crippen LogP contribution is -2.36. The zero-order valence-electron chi connectivity index (χ0n) is 18.6. The summed E-state index contributed by atoms with van der Waals surface area (Å²) in [5.74, 6) is -0.772. The van der Waals surface area contributed by atoms with Crippen LogP contribution in [0.15, 0.2) is 54.1 Å². The van der Waals surface area contributed by atoms with Crippen molar-refractivity contribution in [3.8, 4) is 0 Å². The highest BCUT2D eigenvalue weighted by Crippen LogP contribution is 2.27. The number of nitrogens with one attached hydrogen (secondary N) is 1. The van der Waals surface area contributed by atoms with Gasteiger partial charge in [0.05, 0.1) is 5.41 Å². The van der Waals surface area contributed by atoms with Crippen molar-refractivity contribution < 1.29 is 9.90 Å². The number of carbonyl (C=O) groups is 1. The molecule has 2 aromatic rings. The van der Waals surface area contributed by atoms with Gasteiger partial charge in [-0.25, -0.2) is 0 Å². The molecule has 0 heterocycles. The number of hydrogen-bond donors (Lipinski definition) is 2. The maximum absolute atomic E-state index is 11.3. The summed E-state index contributed by atoms with van der Waals surface area (Å²) in [5.41, 5.74) is 5.89. The third kappa shape index (κ3) is 7.00. The number of carboxylic acid groups (broad SMARTS) is 1.